The van der Waals surface area contributed by atoms with Crippen LogP contribution < -0.4 is 11.1 Å². The Kier molecular flexibility index (Phi) is 4.41. The topological polar surface area (TPSA) is 90.0 Å². The summed E-state index contributed by atoms with van der Waals surface area (Å²) < 4.78 is 1.91. The minimum Gasteiger partial charge on any atom is -0.366 e. The van der Waals surface area contributed by atoms with E-state index < -0.39 is 5.91 Å². The number of carbonyl (C=O) groups excluding carboxylic acids is 2. The number of hydrogen-bond acceptors (Lipinski definition) is 3. The number of nitrogens with one attached hydrogen (secondary N) is 1. The summed E-state index contributed by atoms with van der Waals surface area (Å²) in [6.45, 7) is 0. The number of carbonyl (C=O) groups is 2. The van der Waals surface area contributed by atoms with Crippen LogP contribution in [0.5, 0.6) is 0 Å². The minimum absolute atomic E-state index is 0.224. The maximum atomic E-state index is 12.4. The van der Waals surface area contributed by atoms with Crippen molar-refractivity contribution in [3.05, 3.63) is 47.7 Å². The van der Waals surface area contributed by atoms with Crippen LogP contribution in [0.3, 0.4) is 0 Å². The standard InChI is InChI=1S/C17H20N4O2/c18-16(22)12-6-8-13(9-7-12)17(23)20-15-10-11-19-21(15)14-4-2-1-3-5-14/h6-11,14H,1-5H2,(H2,18,22)(H,20,23). The molecule has 1 fully saturated rings. The SMILES string of the molecule is NC(=O)c1ccc(C(=O)Nc2ccnn2C2CCCCC2)cc1. The van der Waals surface area contributed by atoms with Crippen molar-refractivity contribution in [2.24, 2.45) is 5.73 Å². The highest BCUT2D eigenvalue weighted by molar-refractivity contribution is 6.04. The molecule has 3 rings (SSSR count). The summed E-state index contributed by atoms with van der Waals surface area (Å²) in [5, 5.41) is 7.26. The second-order valence-corrected chi connectivity index (χ2v) is 5.85. The van der Waals surface area contributed by atoms with Gasteiger partial charge in [0.2, 0.25) is 5.91 Å². The number of rotatable bonds is 4. The first kappa shape index (κ1) is 15.3. The van der Waals surface area contributed by atoms with E-state index in [1.165, 1.54) is 19.3 Å². The van der Waals surface area contributed by atoms with Gasteiger partial charge >= 0.3 is 0 Å². The highest BCUT2D eigenvalue weighted by atomic mass is 16.2. The van der Waals surface area contributed by atoms with Gasteiger partial charge in [0.1, 0.15) is 5.82 Å². The van der Waals surface area contributed by atoms with Gasteiger partial charge in [-0.15, -0.1) is 0 Å². The summed E-state index contributed by atoms with van der Waals surface area (Å²) in [6, 6.07) is 8.45. The molecular formula is C17H20N4O2. The van der Waals surface area contributed by atoms with E-state index in [1.54, 1.807) is 30.5 Å². The van der Waals surface area contributed by atoms with Crippen LogP contribution in [0.15, 0.2) is 36.5 Å². The van der Waals surface area contributed by atoms with Crippen molar-refractivity contribution in [3.8, 4) is 0 Å². The number of amides is 2. The molecule has 0 radical (unpaired) electrons. The van der Waals surface area contributed by atoms with Gasteiger partial charge in [-0.3, -0.25) is 9.59 Å². The lowest BCUT2D eigenvalue weighted by molar-refractivity contribution is 0.0995. The van der Waals surface area contributed by atoms with Gasteiger partial charge in [0.05, 0.1) is 12.2 Å². The van der Waals surface area contributed by atoms with Crippen LogP contribution in [-0.4, -0.2) is 21.6 Å². The molecule has 0 bridgehead atoms. The average Bonchev–Trinajstić information content (AvgIpc) is 3.04. The Morgan fingerprint density at radius 2 is 1.70 bits per heavy atom. The molecule has 0 atom stereocenters. The third-order valence-corrected chi connectivity index (χ3v) is 4.26. The van der Waals surface area contributed by atoms with Gasteiger partial charge in [0, 0.05) is 17.2 Å². The molecule has 6 heteroatoms. The smallest absolute Gasteiger partial charge is 0.256 e. The molecule has 120 valence electrons. The average molecular weight is 312 g/mol. The number of aromatic nitrogens is 2. The number of anilines is 1. The Morgan fingerprint density at radius 3 is 2.35 bits per heavy atom. The fourth-order valence-electron chi connectivity index (χ4n) is 3.00. The largest absolute Gasteiger partial charge is 0.366 e. The van der Waals surface area contributed by atoms with Crippen LogP contribution in [-0.2, 0) is 0 Å². The molecule has 1 saturated carbocycles. The number of nitrogens with zero attached hydrogens (tertiary/aromatic N) is 2. The molecule has 1 heterocycles. The highest BCUT2D eigenvalue weighted by Crippen LogP contribution is 2.30. The van der Waals surface area contributed by atoms with Gasteiger partial charge < -0.3 is 11.1 Å². The molecule has 0 spiro atoms. The fraction of sp³-hybridized carbons (Fsp3) is 0.353. The second-order valence-electron chi connectivity index (χ2n) is 5.85. The molecule has 1 aromatic carbocycles. The molecule has 2 aromatic rings. The molecule has 0 saturated heterocycles. The van der Waals surface area contributed by atoms with Crippen molar-refractivity contribution in [2.75, 3.05) is 5.32 Å². The van der Waals surface area contributed by atoms with Crippen LogP contribution >= 0.6 is 0 Å². The van der Waals surface area contributed by atoms with E-state index in [2.05, 4.69) is 10.4 Å². The molecule has 1 aliphatic carbocycles. The van der Waals surface area contributed by atoms with Gasteiger partial charge in [-0.25, -0.2) is 4.68 Å². The van der Waals surface area contributed by atoms with Crippen LogP contribution in [0.2, 0.25) is 0 Å². The third-order valence-electron chi connectivity index (χ3n) is 4.26. The lowest BCUT2D eigenvalue weighted by Gasteiger charge is -2.23. The van der Waals surface area contributed by atoms with Gasteiger partial charge in [-0.2, -0.15) is 5.10 Å². The first-order valence-corrected chi connectivity index (χ1v) is 7.90. The lowest BCUT2D eigenvalue weighted by Crippen LogP contribution is -2.20. The van der Waals surface area contributed by atoms with Crippen molar-refractivity contribution in [3.63, 3.8) is 0 Å². The first-order valence-electron chi connectivity index (χ1n) is 7.90. The van der Waals surface area contributed by atoms with Crippen LogP contribution in [0.4, 0.5) is 5.82 Å². The summed E-state index contributed by atoms with van der Waals surface area (Å²) in [4.78, 5) is 23.4. The van der Waals surface area contributed by atoms with E-state index in [-0.39, 0.29) is 5.91 Å². The Balaban J connectivity index is 1.73. The number of nitrogens with two attached hydrogens (primary N) is 1. The van der Waals surface area contributed by atoms with E-state index >= 15 is 0 Å². The summed E-state index contributed by atoms with van der Waals surface area (Å²) >= 11 is 0. The van der Waals surface area contributed by atoms with Crippen LogP contribution in [0.25, 0.3) is 0 Å². The summed E-state index contributed by atoms with van der Waals surface area (Å²) in [7, 11) is 0. The Morgan fingerprint density at radius 1 is 1.04 bits per heavy atom. The molecule has 0 unspecified atom stereocenters. The predicted octanol–water partition coefficient (Wildman–Crippen LogP) is 2.74. The van der Waals surface area contributed by atoms with Crippen LogP contribution in [0.1, 0.15) is 58.9 Å². The maximum absolute atomic E-state index is 12.4. The molecule has 1 aromatic heterocycles. The number of benzene rings is 1. The van der Waals surface area contributed by atoms with Gasteiger partial charge in [0.25, 0.3) is 5.91 Å². The minimum atomic E-state index is -0.507. The third kappa shape index (κ3) is 3.41. The van der Waals surface area contributed by atoms with Crippen molar-refractivity contribution < 1.29 is 9.59 Å². The molecular weight excluding hydrogens is 292 g/mol. The molecule has 2 amide bonds. The van der Waals surface area contributed by atoms with E-state index in [4.69, 9.17) is 5.73 Å². The van der Waals surface area contributed by atoms with Crippen molar-refractivity contribution in [1.29, 1.82) is 0 Å². The Labute approximate surface area is 134 Å². The highest BCUT2D eigenvalue weighted by Gasteiger charge is 2.19. The zero-order chi connectivity index (χ0) is 16.2. The molecule has 1 aliphatic rings. The van der Waals surface area contributed by atoms with E-state index in [1.807, 2.05) is 10.7 Å². The molecule has 3 N–H and O–H groups in total. The van der Waals surface area contributed by atoms with Gasteiger partial charge in [0.15, 0.2) is 0 Å². The van der Waals surface area contributed by atoms with E-state index in [0.29, 0.717) is 23.0 Å². The first-order chi connectivity index (χ1) is 11.1. The van der Waals surface area contributed by atoms with E-state index in [9.17, 15) is 9.59 Å². The molecule has 6 nitrogen and oxygen atoms in total. The zero-order valence-corrected chi connectivity index (χ0v) is 12.9. The fourth-order valence-corrected chi connectivity index (χ4v) is 3.00. The summed E-state index contributed by atoms with van der Waals surface area (Å²) in [6.07, 6.45) is 7.57. The van der Waals surface area contributed by atoms with Crippen molar-refractivity contribution >= 4 is 17.6 Å². The van der Waals surface area contributed by atoms with Crippen molar-refractivity contribution in [1.82, 2.24) is 9.78 Å². The lowest BCUT2D eigenvalue weighted by atomic mass is 9.96. The second kappa shape index (κ2) is 6.64. The molecule has 23 heavy (non-hydrogen) atoms. The quantitative estimate of drug-likeness (QED) is 0.909. The zero-order valence-electron chi connectivity index (χ0n) is 12.9. The number of hydrogen-bond donors (Lipinski definition) is 2. The number of primary amides is 1. The summed E-state index contributed by atoms with van der Waals surface area (Å²) in [5.41, 5.74) is 6.06. The van der Waals surface area contributed by atoms with Crippen LogP contribution in [0, 0.1) is 0 Å². The Bertz CT molecular complexity index is 700. The summed E-state index contributed by atoms with van der Waals surface area (Å²) in [5.74, 6) is -0.0215. The van der Waals surface area contributed by atoms with Gasteiger partial charge in [-0.1, -0.05) is 19.3 Å². The monoisotopic (exact) mass is 312 g/mol. The predicted molar refractivity (Wildman–Crippen MR) is 87.3 cm³/mol. The Hall–Kier alpha value is -2.63. The normalized spacial score (nSPS) is 15.3. The van der Waals surface area contributed by atoms with Crippen molar-refractivity contribution in [2.45, 2.75) is 38.1 Å². The maximum Gasteiger partial charge on any atom is 0.256 e. The van der Waals surface area contributed by atoms with E-state index in [0.717, 1.165) is 12.8 Å². The molecule has 0 aliphatic heterocycles. The van der Waals surface area contributed by atoms with Gasteiger partial charge in [-0.05, 0) is 37.1 Å².